The van der Waals surface area contributed by atoms with Gasteiger partial charge in [-0.25, -0.2) is 19.5 Å². The van der Waals surface area contributed by atoms with Crippen molar-refractivity contribution in [3.63, 3.8) is 0 Å². The van der Waals surface area contributed by atoms with Gasteiger partial charge in [0.1, 0.15) is 18.5 Å². The number of ether oxygens (including phenoxy) is 2. The van der Waals surface area contributed by atoms with Gasteiger partial charge in [-0.3, -0.25) is 39.4 Å². The number of fused-ring (bicyclic) bond motifs is 1. The van der Waals surface area contributed by atoms with E-state index in [1.54, 1.807) is 0 Å². The van der Waals surface area contributed by atoms with Crippen LogP contribution in [0.1, 0.15) is 6.23 Å². The lowest BCUT2D eigenvalue weighted by molar-refractivity contribution is -0.404. The molecule has 41 heavy (non-hydrogen) atoms. The molecule has 0 aliphatic carbocycles. The summed E-state index contributed by atoms with van der Waals surface area (Å²) in [5.74, 6) is -1.85. The van der Waals surface area contributed by atoms with E-state index in [1.807, 2.05) is 0 Å². The van der Waals surface area contributed by atoms with Gasteiger partial charge >= 0.3 is 19.2 Å². The first-order chi connectivity index (χ1) is 19.2. The van der Waals surface area contributed by atoms with E-state index in [4.69, 9.17) is 30.5 Å². The highest BCUT2D eigenvalue weighted by Crippen LogP contribution is 2.45. The molecule has 1 fully saturated rings. The number of aliphatic hydroxyl groups is 1. The van der Waals surface area contributed by atoms with Crippen LogP contribution in [0.4, 0.5) is 28.8 Å². The molecule has 25 heteroatoms. The van der Waals surface area contributed by atoms with Crippen LogP contribution in [0.15, 0.2) is 23.6 Å². The van der Waals surface area contributed by atoms with E-state index in [2.05, 4.69) is 29.5 Å². The van der Waals surface area contributed by atoms with Crippen LogP contribution in [0, 0.1) is 30.3 Å². The number of nitrogens with two attached hydrogens (primary N) is 1. The Balaban J connectivity index is 1.87. The van der Waals surface area contributed by atoms with Crippen molar-refractivity contribution in [2.45, 2.75) is 24.5 Å². The summed E-state index contributed by atoms with van der Waals surface area (Å²) < 4.78 is 27.8. The average Bonchev–Trinajstić information content (AvgIpc) is 3.39. The molecule has 0 spiro atoms. The quantitative estimate of drug-likeness (QED) is 0.0627. The van der Waals surface area contributed by atoms with Crippen molar-refractivity contribution in [1.29, 1.82) is 0 Å². The van der Waals surface area contributed by atoms with Crippen LogP contribution in [0.25, 0.3) is 21.6 Å². The Morgan fingerprint density at radius 2 is 1.80 bits per heavy atom. The van der Waals surface area contributed by atoms with E-state index in [0.29, 0.717) is 12.1 Å². The van der Waals surface area contributed by atoms with E-state index in [-0.39, 0.29) is 17.0 Å². The monoisotopic (exact) mass is 599 g/mol. The van der Waals surface area contributed by atoms with Gasteiger partial charge in [-0.1, -0.05) is 0 Å². The Morgan fingerprint density at radius 1 is 1.17 bits per heavy atom. The fraction of sp³-hybridized carbons (Fsp3) is 0.312. The predicted octanol–water partition coefficient (Wildman–Crippen LogP) is 0.890. The Morgan fingerprint density at radius 3 is 2.34 bits per heavy atom. The lowest BCUT2D eigenvalue weighted by atomic mass is 10.1. The highest BCUT2D eigenvalue weighted by atomic mass is 31.2. The Kier molecular flexibility index (Phi) is 7.63. The van der Waals surface area contributed by atoms with E-state index in [9.17, 15) is 40.0 Å². The summed E-state index contributed by atoms with van der Waals surface area (Å²) in [4.78, 5) is 63.5. The smallest absolute Gasteiger partial charge is 0.469 e. The number of hydrogen-bond acceptors (Lipinski definition) is 16. The second-order valence-corrected chi connectivity index (χ2v) is 9.15. The van der Waals surface area contributed by atoms with Crippen molar-refractivity contribution in [3.8, 4) is 5.75 Å². The molecule has 5 N–H and O–H groups in total. The third kappa shape index (κ3) is 5.64. The highest BCUT2D eigenvalue weighted by molar-refractivity contribution is 7.46. The van der Waals surface area contributed by atoms with Gasteiger partial charge in [0.15, 0.2) is 29.3 Å². The number of phosphoric acid groups is 1. The summed E-state index contributed by atoms with van der Waals surface area (Å²) in [5.41, 5.74) is 10.9. The summed E-state index contributed by atoms with van der Waals surface area (Å²) in [7, 11) is -5.19. The molecule has 0 unspecified atom stereocenters. The Bertz CT molecular complexity index is 1630. The minimum atomic E-state index is -5.19. The number of nitrogens with zero attached hydrogens (tertiary/aromatic N) is 10. The van der Waals surface area contributed by atoms with Crippen molar-refractivity contribution in [3.05, 3.63) is 59.2 Å². The molecule has 216 valence electrons. The minimum Gasteiger partial charge on any atom is -0.473 e. The average molecular weight is 599 g/mol. The second-order valence-electron chi connectivity index (χ2n) is 7.91. The molecule has 2 aromatic heterocycles. The zero-order valence-corrected chi connectivity index (χ0v) is 20.6. The number of aliphatic hydroxyl groups excluding tert-OH is 1. The summed E-state index contributed by atoms with van der Waals surface area (Å²) in [6, 6.07) is 0.734. The summed E-state index contributed by atoms with van der Waals surface area (Å²) in [6.45, 7) is -1.06. The third-order valence-electron chi connectivity index (χ3n) is 5.48. The molecule has 4 rings (SSSR count). The van der Waals surface area contributed by atoms with Gasteiger partial charge in [-0.15, -0.1) is 0 Å². The number of nitro benzene ring substituents is 3. The van der Waals surface area contributed by atoms with Gasteiger partial charge in [0, 0.05) is 4.91 Å². The van der Waals surface area contributed by atoms with Gasteiger partial charge < -0.3 is 30.1 Å². The van der Waals surface area contributed by atoms with Crippen molar-refractivity contribution < 1.29 is 48.2 Å². The van der Waals surface area contributed by atoms with Crippen LogP contribution in [0.5, 0.6) is 5.75 Å². The van der Waals surface area contributed by atoms with Crippen molar-refractivity contribution in [1.82, 2.24) is 19.5 Å². The molecule has 24 nitrogen and oxygen atoms in total. The van der Waals surface area contributed by atoms with Crippen LogP contribution in [0.2, 0.25) is 0 Å². The molecular weight excluding hydrogens is 585 g/mol. The molecule has 1 aromatic carbocycles. The van der Waals surface area contributed by atoms with Gasteiger partial charge in [0.25, 0.3) is 11.4 Å². The zero-order valence-electron chi connectivity index (χ0n) is 19.7. The number of phosphoric ester groups is 1. The van der Waals surface area contributed by atoms with Crippen molar-refractivity contribution >= 4 is 47.8 Å². The third-order valence-corrected chi connectivity index (χ3v) is 5.97. The molecule has 0 amide bonds. The largest absolute Gasteiger partial charge is 0.473 e. The van der Waals surface area contributed by atoms with E-state index in [0.717, 1.165) is 10.9 Å². The van der Waals surface area contributed by atoms with Crippen LogP contribution in [-0.4, -0.2) is 74.1 Å². The van der Waals surface area contributed by atoms with Crippen molar-refractivity contribution in [2.24, 2.45) is 5.11 Å². The molecule has 3 aromatic rings. The fourth-order valence-electron chi connectivity index (χ4n) is 3.86. The molecular formula is C16H14N11O13P. The number of azide groups is 1. The maximum atomic E-state index is 11.7. The maximum Gasteiger partial charge on any atom is 0.469 e. The SMILES string of the molecule is [N-]=[N+]=Nc1nc2c(N)ncnc2n1[C@@H]1O[C@H](COP(=O)(O)O)[C@@H](Oc2c([N+](=O)[O-])cc([N+](=O)[O-])cc2[N+](=O)[O-])[C@H]1O. The van der Waals surface area contributed by atoms with Gasteiger partial charge in [-0.05, 0) is 10.6 Å². The van der Waals surface area contributed by atoms with Gasteiger partial charge in [-0.2, -0.15) is 0 Å². The number of imidazole rings is 1. The standard InChI is InChI=1S/C16H14N11O13P/c17-13-9-14(20-4-19-13)24(16(21-9)22-23-18)15-10(28)12(8(39-15)3-38-41(35,36)37)40-11-6(26(31)32)1-5(25(29)30)2-7(11)27(33)34/h1-2,4,8,10,12,15,28H,3H2,(H2,17,19,20)(H2,35,36,37)/t8-,10-,12-,15-/m1/s1. The van der Waals surface area contributed by atoms with Gasteiger partial charge in [0.2, 0.25) is 5.95 Å². The van der Waals surface area contributed by atoms with E-state index in [1.165, 1.54) is 0 Å². The van der Waals surface area contributed by atoms with Crippen LogP contribution in [-0.2, 0) is 13.8 Å². The molecule has 1 aliphatic rings. The van der Waals surface area contributed by atoms with E-state index >= 15 is 0 Å². The molecule has 1 aliphatic heterocycles. The first-order valence-corrected chi connectivity index (χ1v) is 12.1. The lowest BCUT2D eigenvalue weighted by Crippen LogP contribution is -2.39. The number of nitro groups is 3. The minimum absolute atomic E-state index is 0.125. The van der Waals surface area contributed by atoms with Gasteiger partial charge in [0.05, 0.1) is 33.5 Å². The number of non-ortho nitro benzene ring substituents is 1. The predicted molar refractivity (Wildman–Crippen MR) is 127 cm³/mol. The van der Waals surface area contributed by atoms with Crippen LogP contribution >= 0.6 is 7.82 Å². The number of benzene rings is 1. The first kappa shape index (κ1) is 28.9. The number of aromatic nitrogens is 4. The van der Waals surface area contributed by atoms with E-state index < -0.39 is 82.5 Å². The number of rotatable bonds is 10. The molecule has 0 bridgehead atoms. The highest BCUT2D eigenvalue weighted by Gasteiger charge is 2.50. The molecule has 4 atom stereocenters. The molecule has 0 saturated carbocycles. The Hall–Kier alpha value is -5.09. The summed E-state index contributed by atoms with van der Waals surface area (Å²) in [6.07, 6.45) is -6.49. The number of hydrogen-bond donors (Lipinski definition) is 4. The zero-order chi connectivity index (χ0) is 30.2. The molecule has 3 heterocycles. The lowest BCUT2D eigenvalue weighted by Gasteiger charge is -2.22. The summed E-state index contributed by atoms with van der Waals surface area (Å²) in [5, 5.41) is 49.1. The fourth-order valence-corrected chi connectivity index (χ4v) is 4.20. The maximum absolute atomic E-state index is 11.7. The second kappa shape index (κ2) is 10.8. The summed E-state index contributed by atoms with van der Waals surface area (Å²) >= 11 is 0. The molecule has 0 radical (unpaired) electrons. The number of anilines is 1. The first-order valence-electron chi connectivity index (χ1n) is 10.6. The molecule has 1 saturated heterocycles. The van der Waals surface area contributed by atoms with Crippen LogP contribution < -0.4 is 10.5 Å². The van der Waals surface area contributed by atoms with Crippen LogP contribution in [0.3, 0.4) is 0 Å². The van der Waals surface area contributed by atoms with Crippen molar-refractivity contribution in [2.75, 3.05) is 12.3 Å². The Labute approximate surface area is 223 Å². The number of nitrogen functional groups attached to an aromatic ring is 1. The topological polar surface area (TPSA) is 353 Å². The normalized spacial score (nSPS) is 20.5.